The fourth-order valence-corrected chi connectivity index (χ4v) is 3.25. The number of allylic oxidation sites excluding steroid dienone is 1. The quantitative estimate of drug-likeness (QED) is 0.810. The van der Waals surface area contributed by atoms with Crippen LogP contribution in [0.3, 0.4) is 0 Å². The lowest BCUT2D eigenvalue weighted by Gasteiger charge is -2.25. The Kier molecular flexibility index (Phi) is 6.02. The molecule has 0 aromatic heterocycles. The number of quaternary nitrogens is 1. The molecule has 0 aliphatic carbocycles. The van der Waals surface area contributed by atoms with Gasteiger partial charge in [-0.1, -0.05) is 70.5 Å². The summed E-state index contributed by atoms with van der Waals surface area (Å²) in [6.07, 6.45) is 7.36. The van der Waals surface area contributed by atoms with E-state index in [9.17, 15) is 5.11 Å². The largest absolute Gasteiger partial charge is 0.382 e. The van der Waals surface area contributed by atoms with Gasteiger partial charge < -0.3 is 10.0 Å². The van der Waals surface area contributed by atoms with Gasteiger partial charge in [-0.2, -0.15) is 0 Å². The van der Waals surface area contributed by atoms with E-state index in [0.717, 1.165) is 36.1 Å². The van der Waals surface area contributed by atoms with Crippen LogP contribution in [-0.4, -0.2) is 24.7 Å². The third-order valence-electron chi connectivity index (χ3n) is 4.45. The molecule has 2 aromatic rings. The van der Waals surface area contributed by atoms with Gasteiger partial charge in [-0.15, -0.1) is 0 Å². The van der Waals surface area contributed by atoms with Crippen molar-refractivity contribution in [3.63, 3.8) is 0 Å². The Bertz CT molecular complexity index is 706. The van der Waals surface area contributed by atoms with Crippen LogP contribution in [0.5, 0.6) is 0 Å². The molecule has 2 N–H and O–H groups in total. The van der Waals surface area contributed by atoms with Gasteiger partial charge in [0.25, 0.3) is 0 Å². The Morgan fingerprint density at radius 3 is 2.46 bits per heavy atom. The molecule has 1 aliphatic rings. The number of benzene rings is 2. The van der Waals surface area contributed by atoms with E-state index in [-0.39, 0.29) is 6.10 Å². The summed E-state index contributed by atoms with van der Waals surface area (Å²) in [5.41, 5.74) is 3.61. The number of hydrogen-bond donors (Lipinski definition) is 2. The SMILES string of the molecule is O[C@@H](C[NH+]1CC=C(/C=C/c2ccc(Br)cc2)CC1)c1ccccc1. The summed E-state index contributed by atoms with van der Waals surface area (Å²) in [5.74, 6) is 0. The summed E-state index contributed by atoms with van der Waals surface area (Å²) in [7, 11) is 0. The number of rotatable bonds is 5. The van der Waals surface area contributed by atoms with Gasteiger partial charge in [0.2, 0.25) is 0 Å². The highest BCUT2D eigenvalue weighted by atomic mass is 79.9. The maximum Gasteiger partial charge on any atom is 0.128 e. The van der Waals surface area contributed by atoms with Gasteiger partial charge in [0.05, 0.1) is 13.1 Å². The third-order valence-corrected chi connectivity index (χ3v) is 4.98. The molecule has 24 heavy (non-hydrogen) atoms. The first-order valence-corrected chi connectivity index (χ1v) is 9.19. The molecule has 2 aromatic carbocycles. The van der Waals surface area contributed by atoms with Gasteiger partial charge in [0.15, 0.2) is 0 Å². The molecule has 1 aliphatic heterocycles. The number of halogens is 1. The standard InChI is InChI=1S/C21H22BrNO/c22-20-10-8-17(9-11-20)6-7-18-12-14-23(15-13-18)16-21(24)19-4-2-1-3-5-19/h1-12,21,24H,13-16H2/p+1/b7-6+/t21-/m0/s1. The molecule has 3 heteroatoms. The summed E-state index contributed by atoms with van der Waals surface area (Å²) >= 11 is 3.46. The average molecular weight is 385 g/mol. The number of nitrogens with one attached hydrogen (secondary N) is 1. The Morgan fingerprint density at radius 2 is 1.79 bits per heavy atom. The van der Waals surface area contributed by atoms with Crippen LogP contribution >= 0.6 is 15.9 Å². The highest BCUT2D eigenvalue weighted by Gasteiger charge is 2.18. The second-order valence-electron chi connectivity index (χ2n) is 6.25. The van der Waals surface area contributed by atoms with E-state index in [2.05, 4.69) is 58.4 Å². The van der Waals surface area contributed by atoms with Crippen LogP contribution in [0, 0.1) is 0 Å². The molecule has 0 fully saturated rings. The average Bonchev–Trinajstić information content (AvgIpc) is 2.63. The maximum absolute atomic E-state index is 10.4. The van der Waals surface area contributed by atoms with Crippen molar-refractivity contribution in [1.82, 2.24) is 0 Å². The van der Waals surface area contributed by atoms with Crippen LogP contribution < -0.4 is 4.90 Å². The molecule has 0 spiro atoms. The fourth-order valence-electron chi connectivity index (χ4n) is 2.98. The molecule has 2 nitrogen and oxygen atoms in total. The molecule has 0 bridgehead atoms. The summed E-state index contributed by atoms with van der Waals surface area (Å²) in [6, 6.07) is 18.3. The normalized spacial score (nSPS) is 19.2. The first kappa shape index (κ1) is 17.2. The fraction of sp³-hybridized carbons (Fsp3) is 0.238. The molecule has 0 amide bonds. The molecular formula is C21H23BrNO+. The van der Waals surface area contributed by atoms with Gasteiger partial charge in [-0.3, -0.25) is 0 Å². The monoisotopic (exact) mass is 384 g/mol. The van der Waals surface area contributed by atoms with Crippen LogP contribution in [-0.2, 0) is 0 Å². The first-order chi connectivity index (χ1) is 11.7. The lowest BCUT2D eigenvalue weighted by molar-refractivity contribution is -0.899. The lowest BCUT2D eigenvalue weighted by atomic mass is 10.0. The zero-order chi connectivity index (χ0) is 16.8. The van der Waals surface area contributed by atoms with Crippen LogP contribution in [0.15, 0.2) is 76.8 Å². The minimum atomic E-state index is -0.380. The van der Waals surface area contributed by atoms with E-state index in [1.54, 1.807) is 0 Å². The van der Waals surface area contributed by atoms with Crippen molar-refractivity contribution in [2.75, 3.05) is 19.6 Å². The van der Waals surface area contributed by atoms with E-state index in [1.807, 2.05) is 30.3 Å². The molecule has 1 heterocycles. The molecule has 124 valence electrons. The number of aliphatic hydroxyl groups excluding tert-OH is 1. The molecule has 0 saturated heterocycles. The smallest absolute Gasteiger partial charge is 0.128 e. The Hall–Kier alpha value is -1.68. The highest BCUT2D eigenvalue weighted by Crippen LogP contribution is 2.14. The van der Waals surface area contributed by atoms with Gasteiger partial charge in [-0.05, 0) is 34.9 Å². The van der Waals surface area contributed by atoms with E-state index < -0.39 is 0 Å². The Balaban J connectivity index is 1.53. The number of hydrogen-bond acceptors (Lipinski definition) is 1. The number of aliphatic hydroxyl groups is 1. The van der Waals surface area contributed by atoms with Crippen molar-refractivity contribution in [1.29, 1.82) is 0 Å². The second kappa shape index (κ2) is 8.43. The topological polar surface area (TPSA) is 24.7 Å². The van der Waals surface area contributed by atoms with Crippen molar-refractivity contribution in [3.05, 3.63) is 87.9 Å². The van der Waals surface area contributed by atoms with Crippen LogP contribution in [0.25, 0.3) is 6.08 Å². The van der Waals surface area contributed by atoms with Crippen molar-refractivity contribution in [3.8, 4) is 0 Å². The van der Waals surface area contributed by atoms with E-state index in [0.29, 0.717) is 0 Å². The molecule has 3 rings (SSSR count). The minimum absolute atomic E-state index is 0.380. The first-order valence-electron chi connectivity index (χ1n) is 8.40. The zero-order valence-electron chi connectivity index (χ0n) is 13.7. The molecule has 0 radical (unpaired) electrons. The van der Waals surface area contributed by atoms with Crippen LogP contribution in [0.2, 0.25) is 0 Å². The van der Waals surface area contributed by atoms with E-state index >= 15 is 0 Å². The predicted octanol–water partition coefficient (Wildman–Crippen LogP) is 3.41. The molecular weight excluding hydrogens is 362 g/mol. The van der Waals surface area contributed by atoms with Crippen molar-refractivity contribution >= 4 is 22.0 Å². The van der Waals surface area contributed by atoms with Crippen molar-refractivity contribution < 1.29 is 10.0 Å². The lowest BCUT2D eigenvalue weighted by Crippen LogP contribution is -3.13. The van der Waals surface area contributed by atoms with E-state index in [1.165, 1.54) is 16.0 Å². The van der Waals surface area contributed by atoms with Gasteiger partial charge in [-0.25, -0.2) is 0 Å². The predicted molar refractivity (Wildman–Crippen MR) is 103 cm³/mol. The zero-order valence-corrected chi connectivity index (χ0v) is 15.2. The van der Waals surface area contributed by atoms with Crippen molar-refractivity contribution in [2.24, 2.45) is 0 Å². The Morgan fingerprint density at radius 1 is 1.04 bits per heavy atom. The Labute approximate surface area is 152 Å². The van der Waals surface area contributed by atoms with Gasteiger partial charge >= 0.3 is 0 Å². The molecule has 1 unspecified atom stereocenters. The van der Waals surface area contributed by atoms with Gasteiger partial charge in [0, 0.05) is 10.9 Å². The summed E-state index contributed by atoms with van der Waals surface area (Å²) in [4.78, 5) is 1.44. The maximum atomic E-state index is 10.4. The highest BCUT2D eigenvalue weighted by molar-refractivity contribution is 9.10. The second-order valence-corrected chi connectivity index (χ2v) is 7.16. The molecule has 0 saturated carbocycles. The van der Waals surface area contributed by atoms with Gasteiger partial charge in [0.1, 0.15) is 12.6 Å². The van der Waals surface area contributed by atoms with E-state index in [4.69, 9.17) is 0 Å². The van der Waals surface area contributed by atoms with Crippen molar-refractivity contribution in [2.45, 2.75) is 12.5 Å². The van der Waals surface area contributed by atoms with Crippen LogP contribution in [0.1, 0.15) is 23.7 Å². The molecule has 2 atom stereocenters. The summed E-state index contributed by atoms with van der Waals surface area (Å²) < 4.78 is 1.10. The minimum Gasteiger partial charge on any atom is -0.382 e. The third kappa shape index (κ3) is 4.91. The summed E-state index contributed by atoms with van der Waals surface area (Å²) in [6.45, 7) is 2.81. The van der Waals surface area contributed by atoms with Crippen LogP contribution in [0.4, 0.5) is 0 Å². The summed E-state index contributed by atoms with van der Waals surface area (Å²) in [5, 5.41) is 10.4.